The maximum absolute atomic E-state index is 12.6. The highest BCUT2D eigenvalue weighted by Crippen LogP contribution is 2.23. The minimum atomic E-state index is -3.21. The van der Waals surface area contributed by atoms with Crippen molar-refractivity contribution in [1.82, 2.24) is 14.1 Å². The van der Waals surface area contributed by atoms with Crippen LogP contribution in [0.15, 0.2) is 0 Å². The molecular weight excluding hydrogens is 330 g/mol. The molecule has 2 aliphatic heterocycles. The first kappa shape index (κ1) is 19.2. The van der Waals surface area contributed by atoms with Gasteiger partial charge in [-0.05, 0) is 20.3 Å². The highest BCUT2D eigenvalue weighted by atomic mass is 32.2. The van der Waals surface area contributed by atoms with E-state index in [2.05, 4.69) is 0 Å². The van der Waals surface area contributed by atoms with Crippen molar-refractivity contribution in [3.05, 3.63) is 0 Å². The molecule has 2 saturated heterocycles. The number of nitrogens with zero attached hydrogens (tertiary/aromatic N) is 3. The molecule has 0 aromatic heterocycles. The number of hydrogen-bond acceptors (Lipinski definition) is 4. The summed E-state index contributed by atoms with van der Waals surface area (Å²) >= 11 is 0. The fourth-order valence-electron chi connectivity index (χ4n) is 3.30. The van der Waals surface area contributed by atoms with E-state index in [1.165, 1.54) is 4.31 Å². The number of hydrogen-bond donors (Lipinski definition) is 0. The van der Waals surface area contributed by atoms with Crippen LogP contribution in [-0.2, 0) is 19.6 Å². The second kappa shape index (κ2) is 7.82. The molecule has 0 aromatic rings. The molecule has 0 spiro atoms. The van der Waals surface area contributed by atoms with Crippen LogP contribution in [0.2, 0.25) is 0 Å². The number of unbranched alkanes of at least 4 members (excludes halogenated alkanes) is 1. The van der Waals surface area contributed by atoms with Gasteiger partial charge in [-0.25, -0.2) is 8.42 Å². The summed E-state index contributed by atoms with van der Waals surface area (Å²) in [7, 11) is -3.21. The topological polar surface area (TPSA) is 78.0 Å². The van der Waals surface area contributed by atoms with Gasteiger partial charge in [-0.15, -0.1) is 0 Å². The first-order valence-corrected chi connectivity index (χ1v) is 10.4. The van der Waals surface area contributed by atoms with Gasteiger partial charge in [0.15, 0.2) is 0 Å². The van der Waals surface area contributed by atoms with Crippen molar-refractivity contribution in [3.8, 4) is 0 Å². The molecule has 1 atom stereocenters. The van der Waals surface area contributed by atoms with Crippen LogP contribution in [0.4, 0.5) is 0 Å². The second-order valence-electron chi connectivity index (χ2n) is 6.93. The number of sulfonamides is 1. The molecule has 0 saturated carbocycles. The van der Waals surface area contributed by atoms with Crippen LogP contribution in [0, 0.1) is 5.92 Å². The maximum Gasteiger partial charge on any atom is 0.228 e. The lowest BCUT2D eigenvalue weighted by Gasteiger charge is -2.35. The molecule has 0 bridgehead atoms. The van der Waals surface area contributed by atoms with Crippen LogP contribution in [0.25, 0.3) is 0 Å². The van der Waals surface area contributed by atoms with Gasteiger partial charge < -0.3 is 9.80 Å². The summed E-state index contributed by atoms with van der Waals surface area (Å²) in [4.78, 5) is 28.0. The molecule has 138 valence electrons. The van der Waals surface area contributed by atoms with Crippen molar-refractivity contribution in [2.75, 3.05) is 38.5 Å². The van der Waals surface area contributed by atoms with E-state index in [0.29, 0.717) is 39.1 Å². The Morgan fingerprint density at radius 2 is 1.83 bits per heavy atom. The number of piperazine rings is 1. The maximum atomic E-state index is 12.6. The number of likely N-dealkylation sites (tertiary alicyclic amines) is 1. The summed E-state index contributed by atoms with van der Waals surface area (Å²) < 4.78 is 25.9. The summed E-state index contributed by atoms with van der Waals surface area (Å²) in [6.07, 6.45) is 1.78. The highest BCUT2D eigenvalue weighted by Gasteiger charge is 2.38. The fourth-order valence-corrected chi connectivity index (χ4v) is 4.93. The van der Waals surface area contributed by atoms with Gasteiger partial charge in [0.05, 0.1) is 11.7 Å². The first-order valence-electron chi connectivity index (χ1n) is 8.82. The molecule has 8 heteroatoms. The fraction of sp³-hybridized carbons (Fsp3) is 0.875. The normalized spacial score (nSPS) is 23.3. The quantitative estimate of drug-likeness (QED) is 0.693. The standard InChI is InChI=1S/C16H29N3O4S/c1-4-5-10-24(22,23)18-8-6-17(7-9-18)16(21)14-11-15(20)19(12-14)13(2)3/h13-14H,4-12H2,1-3H3. The lowest BCUT2D eigenvalue weighted by Crippen LogP contribution is -2.52. The summed E-state index contributed by atoms with van der Waals surface area (Å²) in [6.45, 7) is 7.88. The molecule has 2 rings (SSSR count). The van der Waals surface area contributed by atoms with E-state index in [4.69, 9.17) is 0 Å². The van der Waals surface area contributed by atoms with E-state index in [0.717, 1.165) is 6.42 Å². The Balaban J connectivity index is 1.88. The Hall–Kier alpha value is -1.15. The van der Waals surface area contributed by atoms with Crippen LogP contribution in [0.3, 0.4) is 0 Å². The van der Waals surface area contributed by atoms with Crippen LogP contribution < -0.4 is 0 Å². The number of carbonyl (C=O) groups is 2. The third-order valence-electron chi connectivity index (χ3n) is 4.83. The molecule has 2 fully saturated rings. The zero-order valence-electron chi connectivity index (χ0n) is 14.9. The van der Waals surface area contributed by atoms with Crippen LogP contribution in [0.1, 0.15) is 40.0 Å². The minimum Gasteiger partial charge on any atom is -0.340 e. The summed E-state index contributed by atoms with van der Waals surface area (Å²) in [5, 5.41) is 0. The minimum absolute atomic E-state index is 0.0166. The zero-order chi connectivity index (χ0) is 17.9. The average molecular weight is 359 g/mol. The van der Waals surface area contributed by atoms with Crippen molar-refractivity contribution >= 4 is 21.8 Å². The van der Waals surface area contributed by atoms with E-state index < -0.39 is 10.0 Å². The van der Waals surface area contributed by atoms with Crippen LogP contribution >= 0.6 is 0 Å². The molecule has 2 aliphatic rings. The third-order valence-corrected chi connectivity index (χ3v) is 6.79. The van der Waals surface area contributed by atoms with Crippen LogP contribution in [0.5, 0.6) is 0 Å². The van der Waals surface area contributed by atoms with Gasteiger partial charge in [0, 0.05) is 45.2 Å². The summed E-state index contributed by atoms with van der Waals surface area (Å²) in [5.41, 5.74) is 0. The van der Waals surface area contributed by atoms with E-state index in [9.17, 15) is 18.0 Å². The third kappa shape index (κ3) is 4.27. The molecule has 7 nitrogen and oxygen atoms in total. The van der Waals surface area contributed by atoms with Gasteiger partial charge in [0.2, 0.25) is 21.8 Å². The van der Waals surface area contributed by atoms with Gasteiger partial charge in [-0.3, -0.25) is 9.59 Å². The molecule has 24 heavy (non-hydrogen) atoms. The van der Waals surface area contributed by atoms with E-state index in [1.807, 2.05) is 20.8 Å². The van der Waals surface area contributed by atoms with Gasteiger partial charge in [-0.2, -0.15) is 4.31 Å². The molecule has 0 radical (unpaired) electrons. The number of carbonyl (C=O) groups excluding carboxylic acids is 2. The monoisotopic (exact) mass is 359 g/mol. The first-order chi connectivity index (χ1) is 11.3. The predicted octanol–water partition coefficient (Wildman–Crippen LogP) is 0.517. The highest BCUT2D eigenvalue weighted by molar-refractivity contribution is 7.89. The molecule has 2 heterocycles. The molecule has 0 aromatic carbocycles. The van der Waals surface area contributed by atoms with Gasteiger partial charge >= 0.3 is 0 Å². The Bertz CT molecular complexity index is 568. The Morgan fingerprint density at radius 1 is 1.21 bits per heavy atom. The number of rotatable bonds is 6. The lowest BCUT2D eigenvalue weighted by atomic mass is 10.1. The molecule has 0 N–H and O–H groups in total. The summed E-state index contributed by atoms with van der Waals surface area (Å²) in [6, 6.07) is 0.107. The molecule has 2 amide bonds. The van der Waals surface area contributed by atoms with Crippen molar-refractivity contribution in [1.29, 1.82) is 0 Å². The van der Waals surface area contributed by atoms with Crippen molar-refractivity contribution in [2.45, 2.75) is 46.1 Å². The SMILES string of the molecule is CCCCS(=O)(=O)N1CCN(C(=O)C2CC(=O)N(C(C)C)C2)CC1. The number of amides is 2. The molecular formula is C16H29N3O4S. The largest absolute Gasteiger partial charge is 0.340 e. The van der Waals surface area contributed by atoms with E-state index in [-0.39, 0.29) is 35.9 Å². The molecule has 0 aliphatic carbocycles. The molecule has 1 unspecified atom stereocenters. The van der Waals surface area contributed by atoms with E-state index >= 15 is 0 Å². The Kier molecular flexibility index (Phi) is 6.25. The van der Waals surface area contributed by atoms with Crippen LogP contribution in [-0.4, -0.2) is 78.9 Å². The van der Waals surface area contributed by atoms with Gasteiger partial charge in [0.1, 0.15) is 0 Å². The Morgan fingerprint density at radius 3 is 2.33 bits per heavy atom. The average Bonchev–Trinajstić information content (AvgIpc) is 2.94. The smallest absolute Gasteiger partial charge is 0.228 e. The van der Waals surface area contributed by atoms with Gasteiger partial charge in [0.25, 0.3) is 0 Å². The van der Waals surface area contributed by atoms with Crippen molar-refractivity contribution < 1.29 is 18.0 Å². The van der Waals surface area contributed by atoms with E-state index in [1.54, 1.807) is 9.80 Å². The lowest BCUT2D eigenvalue weighted by molar-refractivity contribution is -0.137. The Labute approximate surface area is 145 Å². The zero-order valence-corrected chi connectivity index (χ0v) is 15.7. The summed E-state index contributed by atoms with van der Waals surface area (Å²) in [5.74, 6) is -0.0952. The van der Waals surface area contributed by atoms with Crippen molar-refractivity contribution in [2.24, 2.45) is 5.92 Å². The van der Waals surface area contributed by atoms with Crippen molar-refractivity contribution in [3.63, 3.8) is 0 Å². The van der Waals surface area contributed by atoms with Gasteiger partial charge in [-0.1, -0.05) is 13.3 Å². The predicted molar refractivity (Wildman–Crippen MR) is 91.8 cm³/mol. The second-order valence-corrected chi connectivity index (χ2v) is 9.02.